The third-order valence-electron chi connectivity index (χ3n) is 4.23. The zero-order valence-corrected chi connectivity index (χ0v) is 18.3. The maximum atomic E-state index is 10.4. The summed E-state index contributed by atoms with van der Waals surface area (Å²) in [5.41, 5.74) is 17.8. The molecule has 0 radical (unpaired) electrons. The summed E-state index contributed by atoms with van der Waals surface area (Å²) in [5.74, 6) is -2.83. The molecule has 9 nitrogen and oxygen atoms in total. The predicted molar refractivity (Wildman–Crippen MR) is 122 cm³/mol. The Kier molecular flexibility index (Phi) is 13.9. The molecule has 0 unspecified atom stereocenters. The van der Waals surface area contributed by atoms with Crippen LogP contribution in [-0.2, 0) is 27.2 Å². The van der Waals surface area contributed by atoms with Crippen molar-refractivity contribution >= 4 is 17.9 Å². The Morgan fingerprint density at radius 3 is 1.16 bits per heavy atom. The van der Waals surface area contributed by atoms with Gasteiger partial charge >= 0.3 is 17.9 Å². The topological polar surface area (TPSA) is 190 Å². The Morgan fingerprint density at radius 1 is 0.656 bits per heavy atom. The number of carbonyl (C=O) groups is 3. The fourth-order valence-electron chi connectivity index (χ4n) is 2.20. The van der Waals surface area contributed by atoms with E-state index in [2.05, 4.69) is 0 Å². The molecule has 2 aromatic rings. The van der Waals surface area contributed by atoms with Crippen LogP contribution < -0.4 is 17.2 Å². The van der Waals surface area contributed by atoms with Crippen molar-refractivity contribution in [1.29, 1.82) is 0 Å². The molecule has 0 aliphatic rings. The SMILES string of the molecule is CC(C)[C@H](N)C(=O)O.N[C@@H](Cc1ccccc1)C(=O)O.N[C@@H](Cc1ccccc1)C(=O)O. The van der Waals surface area contributed by atoms with E-state index in [1.54, 1.807) is 13.8 Å². The zero-order valence-electron chi connectivity index (χ0n) is 18.3. The summed E-state index contributed by atoms with van der Waals surface area (Å²) in [6.07, 6.45) is 0.770. The lowest BCUT2D eigenvalue weighted by Gasteiger charge is -2.07. The van der Waals surface area contributed by atoms with E-state index in [-0.39, 0.29) is 5.92 Å². The molecule has 3 atom stereocenters. The first-order chi connectivity index (χ1) is 15.0. The molecule has 0 spiro atoms. The number of hydrogen-bond acceptors (Lipinski definition) is 6. The van der Waals surface area contributed by atoms with Crippen LogP contribution in [0.1, 0.15) is 25.0 Å². The molecule has 0 fully saturated rings. The van der Waals surface area contributed by atoms with Crippen molar-refractivity contribution in [1.82, 2.24) is 0 Å². The Balaban J connectivity index is 0.000000462. The van der Waals surface area contributed by atoms with Crippen LogP contribution in [0.5, 0.6) is 0 Å². The Labute approximate surface area is 187 Å². The Hall–Kier alpha value is -3.27. The first-order valence-corrected chi connectivity index (χ1v) is 9.98. The van der Waals surface area contributed by atoms with Crippen molar-refractivity contribution in [3.8, 4) is 0 Å². The number of aliphatic carboxylic acids is 3. The monoisotopic (exact) mass is 447 g/mol. The molecule has 0 saturated carbocycles. The van der Waals surface area contributed by atoms with Gasteiger partial charge in [0.15, 0.2) is 0 Å². The molecular formula is C23H33N3O6. The highest BCUT2D eigenvalue weighted by molar-refractivity contribution is 5.74. The summed E-state index contributed by atoms with van der Waals surface area (Å²) in [7, 11) is 0. The zero-order chi connectivity index (χ0) is 24.7. The molecule has 2 aromatic carbocycles. The summed E-state index contributed by atoms with van der Waals surface area (Å²) >= 11 is 0. The van der Waals surface area contributed by atoms with Gasteiger partial charge in [-0.2, -0.15) is 0 Å². The number of carboxylic acids is 3. The second-order valence-electron chi connectivity index (χ2n) is 7.38. The third-order valence-corrected chi connectivity index (χ3v) is 4.23. The van der Waals surface area contributed by atoms with Gasteiger partial charge in [0.2, 0.25) is 0 Å². The van der Waals surface area contributed by atoms with Crippen LogP contribution in [0.4, 0.5) is 0 Å². The van der Waals surface area contributed by atoms with E-state index in [0.717, 1.165) is 11.1 Å². The largest absolute Gasteiger partial charge is 0.480 e. The van der Waals surface area contributed by atoms with Gasteiger partial charge in [-0.3, -0.25) is 14.4 Å². The number of benzene rings is 2. The molecular weight excluding hydrogens is 414 g/mol. The molecule has 0 aliphatic heterocycles. The average Bonchev–Trinajstić information content (AvgIpc) is 2.75. The minimum Gasteiger partial charge on any atom is -0.480 e. The maximum Gasteiger partial charge on any atom is 0.320 e. The average molecular weight is 448 g/mol. The minimum absolute atomic E-state index is 0.0208. The van der Waals surface area contributed by atoms with Crippen LogP contribution in [-0.4, -0.2) is 51.4 Å². The first kappa shape index (κ1) is 28.7. The second kappa shape index (κ2) is 15.5. The van der Waals surface area contributed by atoms with Crippen LogP contribution in [0.3, 0.4) is 0 Å². The lowest BCUT2D eigenvalue weighted by Crippen LogP contribution is -2.34. The normalized spacial score (nSPS) is 12.8. The van der Waals surface area contributed by atoms with Crippen molar-refractivity contribution in [3.05, 3.63) is 71.8 Å². The lowest BCUT2D eigenvalue weighted by atomic mass is 10.1. The highest BCUT2D eigenvalue weighted by atomic mass is 16.4. The van der Waals surface area contributed by atoms with Crippen molar-refractivity contribution in [2.24, 2.45) is 23.1 Å². The second-order valence-corrected chi connectivity index (χ2v) is 7.38. The van der Waals surface area contributed by atoms with E-state index in [1.165, 1.54) is 0 Å². The van der Waals surface area contributed by atoms with E-state index in [4.69, 9.17) is 32.5 Å². The van der Waals surface area contributed by atoms with Gasteiger partial charge < -0.3 is 32.5 Å². The molecule has 9 heteroatoms. The van der Waals surface area contributed by atoms with Crippen molar-refractivity contribution in [2.75, 3.05) is 0 Å². The van der Waals surface area contributed by atoms with Crippen LogP contribution in [0.15, 0.2) is 60.7 Å². The number of rotatable bonds is 8. The van der Waals surface area contributed by atoms with E-state index in [1.807, 2.05) is 60.7 Å². The summed E-state index contributed by atoms with van der Waals surface area (Å²) in [4.78, 5) is 30.8. The highest BCUT2D eigenvalue weighted by Gasteiger charge is 2.14. The van der Waals surface area contributed by atoms with Crippen molar-refractivity contribution in [3.63, 3.8) is 0 Å². The quantitative estimate of drug-likeness (QED) is 0.346. The summed E-state index contributed by atoms with van der Waals surface area (Å²) in [6, 6.07) is 16.4. The van der Waals surface area contributed by atoms with Crippen LogP contribution >= 0.6 is 0 Å². The van der Waals surface area contributed by atoms with Crippen molar-refractivity contribution < 1.29 is 29.7 Å². The van der Waals surface area contributed by atoms with E-state index in [9.17, 15) is 14.4 Å². The number of nitrogens with two attached hydrogens (primary N) is 3. The summed E-state index contributed by atoms with van der Waals surface area (Å²) < 4.78 is 0. The molecule has 0 aromatic heterocycles. The van der Waals surface area contributed by atoms with Crippen molar-refractivity contribution in [2.45, 2.75) is 44.8 Å². The van der Waals surface area contributed by atoms with Gasteiger partial charge in [-0.05, 0) is 29.9 Å². The molecule has 176 valence electrons. The standard InChI is InChI=1S/2C9H11NO2.C5H11NO2/c2*10-8(9(11)12)6-7-4-2-1-3-5-7;1-3(2)4(6)5(7)8/h2*1-5,8H,6,10H2,(H,11,12);3-4H,6H2,1-2H3,(H,7,8)/t2*8-;4-/m000/s1. The Morgan fingerprint density at radius 2 is 0.969 bits per heavy atom. The molecule has 0 saturated heterocycles. The highest BCUT2D eigenvalue weighted by Crippen LogP contribution is 2.02. The number of carboxylic acid groups (broad SMARTS) is 3. The Bertz CT molecular complexity index is 757. The van der Waals surface area contributed by atoms with Crippen LogP contribution in [0, 0.1) is 5.92 Å². The fraction of sp³-hybridized carbons (Fsp3) is 0.348. The van der Waals surface area contributed by atoms with E-state index in [0.29, 0.717) is 12.8 Å². The predicted octanol–water partition coefficient (Wildman–Crippen LogP) is 1.34. The molecule has 0 bridgehead atoms. The van der Waals surface area contributed by atoms with Crippen LogP contribution in [0.25, 0.3) is 0 Å². The first-order valence-electron chi connectivity index (χ1n) is 9.98. The molecule has 0 aliphatic carbocycles. The third kappa shape index (κ3) is 13.1. The van der Waals surface area contributed by atoms with Gasteiger partial charge in [0, 0.05) is 0 Å². The molecule has 32 heavy (non-hydrogen) atoms. The molecule has 0 heterocycles. The van der Waals surface area contributed by atoms with Crippen LogP contribution in [0.2, 0.25) is 0 Å². The number of hydrogen-bond donors (Lipinski definition) is 6. The molecule has 9 N–H and O–H groups in total. The van der Waals surface area contributed by atoms with Gasteiger partial charge in [0.25, 0.3) is 0 Å². The van der Waals surface area contributed by atoms with Gasteiger partial charge in [-0.25, -0.2) is 0 Å². The van der Waals surface area contributed by atoms with E-state index >= 15 is 0 Å². The fourth-order valence-corrected chi connectivity index (χ4v) is 2.20. The van der Waals surface area contributed by atoms with Gasteiger partial charge in [-0.15, -0.1) is 0 Å². The summed E-state index contributed by atoms with van der Waals surface area (Å²) in [6.45, 7) is 3.55. The molecule has 2 rings (SSSR count). The maximum absolute atomic E-state index is 10.4. The van der Waals surface area contributed by atoms with Gasteiger partial charge in [0.05, 0.1) is 0 Å². The summed E-state index contributed by atoms with van der Waals surface area (Å²) in [5, 5.41) is 25.3. The lowest BCUT2D eigenvalue weighted by molar-refractivity contribution is -0.140. The minimum atomic E-state index is -0.959. The van der Waals surface area contributed by atoms with Gasteiger partial charge in [-0.1, -0.05) is 74.5 Å². The smallest absolute Gasteiger partial charge is 0.320 e. The van der Waals surface area contributed by atoms with E-state index < -0.39 is 36.0 Å². The molecule has 0 amide bonds. The van der Waals surface area contributed by atoms with Gasteiger partial charge in [0.1, 0.15) is 18.1 Å².